The van der Waals surface area contributed by atoms with E-state index in [9.17, 15) is 0 Å². The third kappa shape index (κ3) is 1.31. The molecule has 1 aromatic rings. The summed E-state index contributed by atoms with van der Waals surface area (Å²) in [5, 5.41) is 2.92. The van der Waals surface area contributed by atoms with Crippen molar-refractivity contribution in [2.75, 3.05) is 29.6 Å². The third-order valence-electron chi connectivity index (χ3n) is 2.46. The van der Waals surface area contributed by atoms with E-state index in [2.05, 4.69) is 5.32 Å². The van der Waals surface area contributed by atoms with Gasteiger partial charge in [0, 0.05) is 13.6 Å². The Morgan fingerprint density at radius 1 is 1.07 bits per heavy atom. The van der Waals surface area contributed by atoms with E-state index in [1.54, 1.807) is 7.05 Å². The molecule has 0 amide bonds. The van der Waals surface area contributed by atoms with E-state index in [1.165, 1.54) is 0 Å². The van der Waals surface area contributed by atoms with Crippen LogP contribution in [0.4, 0.5) is 22.7 Å². The van der Waals surface area contributed by atoms with Gasteiger partial charge in [-0.05, 0) is 18.1 Å². The lowest BCUT2D eigenvalue weighted by Gasteiger charge is -2.18. The van der Waals surface area contributed by atoms with Gasteiger partial charge in [0.1, 0.15) is 0 Å². The zero-order chi connectivity index (χ0) is 10.9. The fourth-order valence-electron chi connectivity index (χ4n) is 1.53. The van der Waals surface area contributed by atoms with Crippen molar-refractivity contribution in [3.8, 4) is 0 Å². The number of hydrogen-bond donors (Lipinski definition) is 5. The second-order valence-corrected chi connectivity index (χ2v) is 3.17. The van der Waals surface area contributed by atoms with Crippen LogP contribution in [-0.2, 0) is 6.54 Å². The second-order valence-electron chi connectivity index (χ2n) is 3.17. The molecule has 78 valence electrons. The fourth-order valence-corrected chi connectivity index (χ4v) is 1.53. The molecule has 0 saturated carbocycles. The van der Waals surface area contributed by atoms with Gasteiger partial charge in [-0.15, -0.1) is 0 Å². The van der Waals surface area contributed by atoms with Crippen molar-refractivity contribution in [1.29, 1.82) is 0 Å². The van der Waals surface area contributed by atoms with Crippen LogP contribution in [0.5, 0.6) is 0 Å². The van der Waals surface area contributed by atoms with Crippen molar-refractivity contribution < 1.29 is 0 Å². The number of anilines is 4. The molecule has 0 fully saturated rings. The molecular weight excluding hydrogens is 178 g/mol. The molecule has 14 heavy (non-hydrogen) atoms. The Kier molecular flexibility index (Phi) is 2.71. The molecule has 0 radical (unpaired) electrons. The Balaban J connectivity index is 3.56. The van der Waals surface area contributed by atoms with Crippen LogP contribution >= 0.6 is 0 Å². The number of nitrogens with two attached hydrogens (primary N) is 4. The lowest BCUT2D eigenvalue weighted by atomic mass is 10.0. The summed E-state index contributed by atoms with van der Waals surface area (Å²) in [7, 11) is 1.75. The highest BCUT2D eigenvalue weighted by atomic mass is 14.9. The highest BCUT2D eigenvalue weighted by Gasteiger charge is 2.14. The van der Waals surface area contributed by atoms with E-state index in [0.717, 1.165) is 11.1 Å². The number of nitrogen functional groups attached to an aromatic ring is 3. The van der Waals surface area contributed by atoms with Gasteiger partial charge in [0.05, 0.1) is 22.7 Å². The summed E-state index contributed by atoms with van der Waals surface area (Å²) in [4.78, 5) is 0. The first-order chi connectivity index (χ1) is 6.54. The van der Waals surface area contributed by atoms with E-state index in [1.807, 2.05) is 6.92 Å². The van der Waals surface area contributed by atoms with Gasteiger partial charge in [0.2, 0.25) is 0 Å². The van der Waals surface area contributed by atoms with Crippen LogP contribution in [0, 0.1) is 6.92 Å². The minimum atomic E-state index is 0.358. The van der Waals surface area contributed by atoms with Gasteiger partial charge < -0.3 is 28.3 Å². The van der Waals surface area contributed by atoms with Gasteiger partial charge in [-0.1, -0.05) is 0 Å². The maximum Gasteiger partial charge on any atom is 0.0829 e. The number of nitrogens with one attached hydrogen (secondary N) is 1. The molecule has 0 aliphatic rings. The topological polar surface area (TPSA) is 116 Å². The molecule has 9 N–H and O–H groups in total. The second kappa shape index (κ2) is 3.63. The van der Waals surface area contributed by atoms with Gasteiger partial charge >= 0.3 is 0 Å². The Labute approximate surface area is 83.4 Å². The van der Waals surface area contributed by atoms with Gasteiger partial charge in [-0.2, -0.15) is 0 Å². The average Bonchev–Trinajstić information content (AvgIpc) is 2.16. The molecule has 0 bridgehead atoms. The smallest absolute Gasteiger partial charge is 0.0829 e. The molecule has 0 heterocycles. The molecular formula is C9H17N5. The number of benzene rings is 1. The van der Waals surface area contributed by atoms with E-state index in [4.69, 9.17) is 22.9 Å². The van der Waals surface area contributed by atoms with E-state index in [-0.39, 0.29) is 0 Å². The van der Waals surface area contributed by atoms with Gasteiger partial charge in [0.25, 0.3) is 0 Å². The summed E-state index contributed by atoms with van der Waals surface area (Å²) in [5.41, 5.74) is 27.1. The molecule has 0 unspecified atom stereocenters. The molecule has 0 aliphatic carbocycles. The Hall–Kier alpha value is -1.62. The van der Waals surface area contributed by atoms with Gasteiger partial charge in [-0.3, -0.25) is 0 Å². The maximum atomic E-state index is 5.90. The lowest BCUT2D eigenvalue weighted by molar-refractivity contribution is 1.06. The fraction of sp³-hybridized carbons (Fsp3) is 0.333. The molecule has 0 spiro atoms. The van der Waals surface area contributed by atoms with Crippen LogP contribution in [0.15, 0.2) is 0 Å². The predicted molar refractivity (Wildman–Crippen MR) is 61.9 cm³/mol. The molecule has 1 aromatic carbocycles. The molecule has 0 aromatic heterocycles. The Morgan fingerprint density at radius 2 is 1.64 bits per heavy atom. The molecule has 0 aliphatic heterocycles. The first-order valence-corrected chi connectivity index (χ1v) is 4.38. The Bertz CT molecular complexity index is 328. The zero-order valence-electron chi connectivity index (χ0n) is 8.52. The molecule has 0 atom stereocenters. The predicted octanol–water partition coefficient (Wildman–Crippen LogP) is 0.242. The molecule has 5 heteroatoms. The Morgan fingerprint density at radius 3 is 2.07 bits per heavy atom. The summed E-state index contributed by atoms with van der Waals surface area (Å²) in [5.74, 6) is 0. The van der Waals surface area contributed by atoms with Crippen LogP contribution in [0.1, 0.15) is 11.1 Å². The summed E-state index contributed by atoms with van der Waals surface area (Å²) in [6, 6.07) is 0. The lowest BCUT2D eigenvalue weighted by Crippen LogP contribution is -2.12. The van der Waals surface area contributed by atoms with E-state index < -0.39 is 0 Å². The van der Waals surface area contributed by atoms with Crippen molar-refractivity contribution in [2.45, 2.75) is 13.5 Å². The summed E-state index contributed by atoms with van der Waals surface area (Å²) < 4.78 is 0. The summed E-state index contributed by atoms with van der Waals surface area (Å²) >= 11 is 0. The third-order valence-corrected chi connectivity index (χ3v) is 2.46. The molecule has 5 nitrogen and oxygen atoms in total. The highest BCUT2D eigenvalue weighted by Crippen LogP contribution is 2.37. The van der Waals surface area contributed by atoms with E-state index in [0.29, 0.717) is 29.3 Å². The van der Waals surface area contributed by atoms with Crippen molar-refractivity contribution in [3.05, 3.63) is 11.1 Å². The van der Waals surface area contributed by atoms with Crippen molar-refractivity contribution in [3.63, 3.8) is 0 Å². The largest absolute Gasteiger partial charge is 0.397 e. The first kappa shape index (κ1) is 10.5. The van der Waals surface area contributed by atoms with Crippen molar-refractivity contribution in [1.82, 2.24) is 0 Å². The quantitative estimate of drug-likeness (QED) is 0.433. The van der Waals surface area contributed by atoms with Crippen LogP contribution in [0.25, 0.3) is 0 Å². The van der Waals surface area contributed by atoms with E-state index >= 15 is 0 Å². The molecule has 0 saturated heterocycles. The summed E-state index contributed by atoms with van der Waals surface area (Å²) in [6.45, 7) is 2.22. The number of rotatable bonds is 2. The minimum absolute atomic E-state index is 0.358. The first-order valence-electron chi connectivity index (χ1n) is 4.38. The SMILES string of the molecule is CNc1c(N)c(N)c(C)c(CN)c1N. The zero-order valence-corrected chi connectivity index (χ0v) is 8.52. The average molecular weight is 195 g/mol. The van der Waals surface area contributed by atoms with Gasteiger partial charge in [0.15, 0.2) is 0 Å². The maximum absolute atomic E-state index is 5.90. The monoisotopic (exact) mass is 195 g/mol. The van der Waals surface area contributed by atoms with Crippen molar-refractivity contribution >= 4 is 22.7 Å². The number of hydrogen-bond acceptors (Lipinski definition) is 5. The van der Waals surface area contributed by atoms with Crippen LogP contribution in [0.3, 0.4) is 0 Å². The molecule has 1 rings (SSSR count). The highest BCUT2D eigenvalue weighted by molar-refractivity contribution is 5.91. The van der Waals surface area contributed by atoms with Crippen LogP contribution in [0.2, 0.25) is 0 Å². The minimum Gasteiger partial charge on any atom is -0.397 e. The standard InChI is InChI=1S/C9H17N5/c1-4-5(3-10)7(12)9(14-2)8(13)6(4)11/h14H,3,10-13H2,1-2H3. The van der Waals surface area contributed by atoms with Crippen LogP contribution < -0.4 is 28.3 Å². The normalized spacial score (nSPS) is 10.2. The van der Waals surface area contributed by atoms with Gasteiger partial charge in [-0.25, -0.2) is 0 Å². The van der Waals surface area contributed by atoms with Crippen LogP contribution in [-0.4, -0.2) is 7.05 Å². The summed E-state index contributed by atoms with van der Waals surface area (Å²) in [6.07, 6.45) is 0. The van der Waals surface area contributed by atoms with Crippen molar-refractivity contribution in [2.24, 2.45) is 5.73 Å².